The summed E-state index contributed by atoms with van der Waals surface area (Å²) in [6.07, 6.45) is -4.84. The molecule has 2 heterocycles. The van der Waals surface area contributed by atoms with E-state index in [1.54, 1.807) is 48.2 Å². The molecule has 1 unspecified atom stereocenters. The molecule has 0 saturated heterocycles. The van der Waals surface area contributed by atoms with Crippen molar-refractivity contribution in [2.24, 2.45) is 0 Å². The summed E-state index contributed by atoms with van der Waals surface area (Å²) in [4.78, 5) is 26.5. The van der Waals surface area contributed by atoms with E-state index in [2.05, 4.69) is 15.2 Å². The minimum Gasteiger partial charge on any atom is -0.465 e. The average molecular weight is 504 g/mol. The summed E-state index contributed by atoms with van der Waals surface area (Å²) < 4.78 is 60.5. The summed E-state index contributed by atoms with van der Waals surface area (Å²) in [6.45, 7) is 1.70. The lowest BCUT2D eigenvalue weighted by atomic mass is 10.1. The first-order chi connectivity index (χ1) is 17.1. The van der Waals surface area contributed by atoms with Gasteiger partial charge in [0.1, 0.15) is 18.1 Å². The van der Waals surface area contributed by atoms with Crippen LogP contribution in [0, 0.1) is 0 Å². The number of aromatic nitrogens is 2. The van der Waals surface area contributed by atoms with E-state index in [0.29, 0.717) is 28.8 Å². The van der Waals surface area contributed by atoms with Crippen molar-refractivity contribution in [3.63, 3.8) is 0 Å². The van der Waals surface area contributed by atoms with Crippen molar-refractivity contribution in [3.05, 3.63) is 82.0 Å². The summed E-state index contributed by atoms with van der Waals surface area (Å²) in [5.41, 5.74) is 0.249. The number of halogens is 4. The number of nitrogens with one attached hydrogen (secondary N) is 1. The molecule has 11 heteroatoms. The SMILES string of the molecule is COC(=O)c1ccc(C(C)NC(=O)c2c(C(F)(F)F)nn3c2N(Cc2cccc(CF)c2)CC3)cc1. The van der Waals surface area contributed by atoms with Gasteiger partial charge in [-0.15, -0.1) is 0 Å². The van der Waals surface area contributed by atoms with E-state index in [1.807, 2.05) is 0 Å². The number of anilines is 1. The fourth-order valence-corrected chi connectivity index (χ4v) is 4.22. The van der Waals surface area contributed by atoms with E-state index in [-0.39, 0.29) is 18.9 Å². The Bertz CT molecular complexity index is 1270. The Morgan fingerprint density at radius 2 is 1.81 bits per heavy atom. The normalized spacial score (nSPS) is 13.9. The number of alkyl halides is 4. The predicted molar refractivity (Wildman–Crippen MR) is 123 cm³/mol. The Hall–Kier alpha value is -3.89. The van der Waals surface area contributed by atoms with Gasteiger partial charge >= 0.3 is 12.1 Å². The van der Waals surface area contributed by atoms with Gasteiger partial charge < -0.3 is 15.0 Å². The molecule has 0 saturated carbocycles. The molecule has 2 aromatic carbocycles. The van der Waals surface area contributed by atoms with Crippen molar-refractivity contribution < 1.29 is 31.9 Å². The van der Waals surface area contributed by atoms with Crippen molar-refractivity contribution in [3.8, 4) is 0 Å². The third kappa shape index (κ3) is 5.05. The summed E-state index contributed by atoms with van der Waals surface area (Å²) in [7, 11) is 1.25. The van der Waals surface area contributed by atoms with Gasteiger partial charge in [0.05, 0.1) is 25.3 Å². The second-order valence-corrected chi connectivity index (χ2v) is 8.45. The highest BCUT2D eigenvalue weighted by molar-refractivity contribution is 6.01. The summed E-state index contributed by atoms with van der Waals surface area (Å²) >= 11 is 0. The fraction of sp³-hybridized carbons (Fsp3) is 0.320. The molecular formula is C25H24F4N4O3. The van der Waals surface area contributed by atoms with Gasteiger partial charge in [0, 0.05) is 13.1 Å². The van der Waals surface area contributed by atoms with Crippen LogP contribution in [0.4, 0.5) is 23.4 Å². The van der Waals surface area contributed by atoms with E-state index in [9.17, 15) is 27.2 Å². The minimum absolute atomic E-state index is 0.0683. The molecule has 190 valence electrons. The zero-order valence-electron chi connectivity index (χ0n) is 19.6. The Morgan fingerprint density at radius 3 is 2.44 bits per heavy atom. The lowest BCUT2D eigenvalue weighted by Gasteiger charge is -2.21. The van der Waals surface area contributed by atoms with Gasteiger partial charge in [0.15, 0.2) is 5.69 Å². The van der Waals surface area contributed by atoms with Crippen LogP contribution in [-0.4, -0.2) is 35.3 Å². The number of benzene rings is 2. The second-order valence-electron chi connectivity index (χ2n) is 8.45. The average Bonchev–Trinajstić information content (AvgIpc) is 3.44. The molecule has 1 atom stereocenters. The lowest BCUT2D eigenvalue weighted by Crippen LogP contribution is -2.31. The van der Waals surface area contributed by atoms with Crippen molar-refractivity contribution in [2.45, 2.75) is 38.9 Å². The largest absolute Gasteiger partial charge is 0.465 e. The Labute approximate surface area is 204 Å². The van der Waals surface area contributed by atoms with Crippen molar-refractivity contribution >= 4 is 17.7 Å². The maximum absolute atomic E-state index is 13.9. The molecule has 0 fully saturated rings. The number of fused-ring (bicyclic) bond motifs is 1. The number of nitrogens with zero attached hydrogens (tertiary/aromatic N) is 3. The number of methoxy groups -OCH3 is 1. The van der Waals surface area contributed by atoms with E-state index in [4.69, 9.17) is 0 Å². The van der Waals surface area contributed by atoms with Gasteiger partial charge in [-0.2, -0.15) is 18.3 Å². The molecule has 36 heavy (non-hydrogen) atoms. The second kappa shape index (κ2) is 10.00. The lowest BCUT2D eigenvalue weighted by molar-refractivity contribution is -0.141. The fourth-order valence-electron chi connectivity index (χ4n) is 4.22. The number of carbonyl (C=O) groups excluding carboxylic acids is 2. The van der Waals surface area contributed by atoms with Gasteiger partial charge in [0.25, 0.3) is 5.91 Å². The number of hydrogen-bond acceptors (Lipinski definition) is 5. The summed E-state index contributed by atoms with van der Waals surface area (Å²) in [5, 5.41) is 6.33. The van der Waals surface area contributed by atoms with Gasteiger partial charge in [0.2, 0.25) is 0 Å². The Kier molecular flexibility index (Phi) is 7.00. The molecular weight excluding hydrogens is 480 g/mol. The van der Waals surface area contributed by atoms with Crippen molar-refractivity contribution in [1.82, 2.24) is 15.1 Å². The van der Waals surface area contributed by atoms with Crippen LogP contribution in [0.5, 0.6) is 0 Å². The molecule has 1 aliphatic heterocycles. The molecule has 7 nitrogen and oxygen atoms in total. The van der Waals surface area contributed by atoms with Crippen LogP contribution in [0.2, 0.25) is 0 Å². The topological polar surface area (TPSA) is 76.5 Å². The number of rotatable bonds is 7. The summed E-state index contributed by atoms with van der Waals surface area (Å²) in [6, 6.07) is 12.2. The highest BCUT2D eigenvalue weighted by Gasteiger charge is 2.44. The molecule has 1 N–H and O–H groups in total. The first-order valence-electron chi connectivity index (χ1n) is 11.2. The predicted octanol–water partition coefficient (Wildman–Crippen LogP) is 4.67. The van der Waals surface area contributed by atoms with E-state index in [1.165, 1.54) is 23.9 Å². The number of carbonyl (C=O) groups is 2. The molecule has 1 aliphatic rings. The van der Waals surface area contributed by atoms with Crippen molar-refractivity contribution in [2.75, 3.05) is 18.6 Å². The first-order valence-corrected chi connectivity index (χ1v) is 11.2. The number of hydrogen-bond donors (Lipinski definition) is 1. The molecule has 4 rings (SSSR count). The van der Waals surface area contributed by atoms with Crippen LogP contribution in [0.1, 0.15) is 56.1 Å². The monoisotopic (exact) mass is 504 g/mol. The van der Waals surface area contributed by atoms with Gasteiger partial charge in [-0.05, 0) is 35.7 Å². The van der Waals surface area contributed by atoms with Gasteiger partial charge in [-0.3, -0.25) is 4.79 Å². The summed E-state index contributed by atoms with van der Waals surface area (Å²) in [5.74, 6) is -1.38. The minimum atomic E-state index is -4.84. The maximum Gasteiger partial charge on any atom is 0.436 e. The first kappa shape index (κ1) is 25.2. The van der Waals surface area contributed by atoms with Crippen LogP contribution in [0.3, 0.4) is 0 Å². The van der Waals surface area contributed by atoms with Crippen LogP contribution in [-0.2, 0) is 30.7 Å². The quantitative estimate of drug-likeness (QED) is 0.374. The maximum atomic E-state index is 13.9. The highest BCUT2D eigenvalue weighted by Crippen LogP contribution is 2.38. The van der Waals surface area contributed by atoms with Crippen LogP contribution < -0.4 is 10.2 Å². The molecule has 3 aromatic rings. The molecule has 0 radical (unpaired) electrons. The van der Waals surface area contributed by atoms with E-state index in [0.717, 1.165) is 0 Å². The third-order valence-electron chi connectivity index (χ3n) is 6.00. The number of esters is 1. The van der Waals surface area contributed by atoms with Gasteiger partial charge in [-0.25, -0.2) is 13.9 Å². The number of ether oxygens (including phenoxy) is 1. The molecule has 0 bridgehead atoms. The molecule has 0 aliphatic carbocycles. The van der Waals surface area contributed by atoms with E-state index >= 15 is 0 Å². The van der Waals surface area contributed by atoms with Crippen LogP contribution in [0.25, 0.3) is 0 Å². The zero-order valence-corrected chi connectivity index (χ0v) is 19.6. The Balaban J connectivity index is 1.62. The van der Waals surface area contributed by atoms with E-state index < -0.39 is 42.0 Å². The highest BCUT2D eigenvalue weighted by atomic mass is 19.4. The Morgan fingerprint density at radius 1 is 1.11 bits per heavy atom. The van der Waals surface area contributed by atoms with Crippen LogP contribution in [0.15, 0.2) is 48.5 Å². The molecule has 1 aromatic heterocycles. The standard InChI is InChI=1S/C25H24F4N4O3/c1-15(18-6-8-19(9-7-18)24(35)36-2)30-22(34)20-21(25(27,28)29)31-33-11-10-32(23(20)33)14-17-5-3-4-16(12-17)13-26/h3-9,12,15H,10-11,13-14H2,1-2H3,(H,30,34). The molecule has 1 amide bonds. The molecule has 0 spiro atoms. The van der Waals surface area contributed by atoms with Crippen LogP contribution >= 0.6 is 0 Å². The van der Waals surface area contributed by atoms with Gasteiger partial charge in [-0.1, -0.05) is 36.4 Å². The smallest absolute Gasteiger partial charge is 0.436 e. The number of amides is 1. The van der Waals surface area contributed by atoms with Crippen molar-refractivity contribution in [1.29, 1.82) is 0 Å². The zero-order chi connectivity index (χ0) is 26.0. The third-order valence-corrected chi connectivity index (χ3v) is 6.00.